The standard InChI is InChI=1S/C12H18O6Se/c1-4-16-11(15)5-10-12(18-8(3)14)9(6-19-10)17-7(2)13/h9-10,12H,4-6H2,1-3H3/t9-,10+,12-/m0/s1. The molecule has 0 bridgehead atoms. The maximum atomic E-state index is 11.5. The summed E-state index contributed by atoms with van der Waals surface area (Å²) in [5.41, 5.74) is 0. The Labute approximate surface area is 118 Å². The number of carbonyl (C=O) groups excluding carboxylic acids is 3. The van der Waals surface area contributed by atoms with Gasteiger partial charge in [0.25, 0.3) is 0 Å². The quantitative estimate of drug-likeness (QED) is 0.418. The average molecular weight is 337 g/mol. The van der Waals surface area contributed by atoms with Crippen molar-refractivity contribution in [3.63, 3.8) is 0 Å². The van der Waals surface area contributed by atoms with E-state index in [1.165, 1.54) is 13.8 Å². The SMILES string of the molecule is CCOC(=O)C[C@H]1[Se]C[C@H](OC(C)=O)[C@@H]1OC(C)=O. The Hall–Kier alpha value is -1.07. The Kier molecular flexibility index (Phi) is 6.31. The molecule has 1 fully saturated rings. The maximum absolute atomic E-state index is 11.5. The van der Waals surface area contributed by atoms with Gasteiger partial charge in [-0.2, -0.15) is 0 Å². The first kappa shape index (κ1) is 16.0. The van der Waals surface area contributed by atoms with Gasteiger partial charge in [0.15, 0.2) is 0 Å². The van der Waals surface area contributed by atoms with Crippen molar-refractivity contribution < 1.29 is 28.6 Å². The van der Waals surface area contributed by atoms with E-state index in [0.717, 1.165) is 0 Å². The first-order chi connectivity index (χ1) is 8.93. The topological polar surface area (TPSA) is 78.9 Å². The fraction of sp³-hybridized carbons (Fsp3) is 0.750. The molecule has 7 heteroatoms. The number of hydrogen-bond donors (Lipinski definition) is 0. The van der Waals surface area contributed by atoms with E-state index in [1.54, 1.807) is 6.92 Å². The van der Waals surface area contributed by atoms with Gasteiger partial charge in [-0.25, -0.2) is 0 Å². The number of rotatable bonds is 5. The summed E-state index contributed by atoms with van der Waals surface area (Å²) in [7, 11) is 0. The molecule has 6 nitrogen and oxygen atoms in total. The molecule has 0 radical (unpaired) electrons. The van der Waals surface area contributed by atoms with Crippen LogP contribution >= 0.6 is 0 Å². The molecular formula is C12H18O6Se. The van der Waals surface area contributed by atoms with Crippen molar-refractivity contribution in [3.05, 3.63) is 0 Å². The van der Waals surface area contributed by atoms with Crippen LogP contribution in [-0.2, 0) is 28.6 Å². The molecule has 3 atom stereocenters. The van der Waals surface area contributed by atoms with E-state index in [4.69, 9.17) is 14.2 Å². The fourth-order valence-electron chi connectivity index (χ4n) is 1.86. The van der Waals surface area contributed by atoms with Crippen molar-refractivity contribution in [1.82, 2.24) is 0 Å². The summed E-state index contributed by atoms with van der Waals surface area (Å²) in [6.07, 6.45) is -0.782. The zero-order valence-electron chi connectivity index (χ0n) is 11.2. The summed E-state index contributed by atoms with van der Waals surface area (Å²) in [5.74, 6) is -1.15. The molecule has 19 heavy (non-hydrogen) atoms. The number of esters is 3. The summed E-state index contributed by atoms with van der Waals surface area (Å²) in [4.78, 5) is 33.5. The molecule has 1 rings (SSSR count). The van der Waals surface area contributed by atoms with Gasteiger partial charge in [0.05, 0.1) is 0 Å². The van der Waals surface area contributed by atoms with E-state index in [2.05, 4.69) is 0 Å². The van der Waals surface area contributed by atoms with Crippen LogP contribution in [-0.4, -0.2) is 51.7 Å². The minimum absolute atomic E-state index is 0.0764. The molecule has 0 aromatic carbocycles. The predicted octanol–water partition coefficient (Wildman–Crippen LogP) is 0.728. The Balaban J connectivity index is 2.66. The Morgan fingerprint density at radius 2 is 1.79 bits per heavy atom. The van der Waals surface area contributed by atoms with Crippen LogP contribution in [0.3, 0.4) is 0 Å². The van der Waals surface area contributed by atoms with E-state index in [1.807, 2.05) is 0 Å². The van der Waals surface area contributed by atoms with E-state index in [-0.39, 0.29) is 32.2 Å². The normalized spacial score (nSPS) is 25.7. The van der Waals surface area contributed by atoms with E-state index < -0.39 is 24.1 Å². The van der Waals surface area contributed by atoms with Gasteiger partial charge in [-0.1, -0.05) is 0 Å². The van der Waals surface area contributed by atoms with Crippen LogP contribution in [0.1, 0.15) is 27.2 Å². The zero-order chi connectivity index (χ0) is 14.4. The molecule has 1 aliphatic rings. The number of ether oxygens (including phenoxy) is 3. The van der Waals surface area contributed by atoms with Gasteiger partial charge in [0, 0.05) is 0 Å². The van der Waals surface area contributed by atoms with Gasteiger partial charge >= 0.3 is 118 Å². The molecular weight excluding hydrogens is 319 g/mol. The van der Waals surface area contributed by atoms with Crippen molar-refractivity contribution in [2.75, 3.05) is 6.61 Å². The Morgan fingerprint density at radius 1 is 1.16 bits per heavy atom. The summed E-state index contributed by atoms with van der Waals surface area (Å²) < 4.78 is 15.2. The second kappa shape index (κ2) is 7.50. The molecule has 108 valence electrons. The second-order valence-electron chi connectivity index (χ2n) is 4.10. The zero-order valence-corrected chi connectivity index (χ0v) is 12.9. The molecule has 0 saturated carbocycles. The Bertz CT molecular complexity index is 356. The third-order valence-electron chi connectivity index (χ3n) is 2.50. The molecule has 1 saturated heterocycles. The van der Waals surface area contributed by atoms with Gasteiger partial charge in [-0.3, -0.25) is 0 Å². The van der Waals surface area contributed by atoms with Crippen molar-refractivity contribution in [3.8, 4) is 0 Å². The van der Waals surface area contributed by atoms with Crippen molar-refractivity contribution >= 4 is 32.9 Å². The molecule has 0 aromatic heterocycles. The van der Waals surface area contributed by atoms with Crippen LogP contribution in [0.5, 0.6) is 0 Å². The number of carbonyl (C=O) groups is 3. The molecule has 0 unspecified atom stereocenters. The summed E-state index contributed by atoms with van der Waals surface area (Å²) in [6, 6.07) is 0. The van der Waals surface area contributed by atoms with E-state index in [9.17, 15) is 14.4 Å². The average Bonchev–Trinajstić information content (AvgIpc) is 2.61. The molecule has 1 aliphatic heterocycles. The third-order valence-corrected chi connectivity index (χ3v) is 5.40. The molecule has 0 aromatic rings. The molecule has 0 aliphatic carbocycles. The van der Waals surface area contributed by atoms with Crippen molar-refractivity contribution in [1.29, 1.82) is 0 Å². The summed E-state index contributed by atoms with van der Waals surface area (Å²) in [5, 5.41) is 0.647. The number of hydrogen-bond acceptors (Lipinski definition) is 6. The monoisotopic (exact) mass is 338 g/mol. The molecule has 0 amide bonds. The van der Waals surface area contributed by atoms with Gasteiger partial charge in [-0.15, -0.1) is 0 Å². The molecule has 1 heterocycles. The van der Waals surface area contributed by atoms with Crippen molar-refractivity contribution in [2.24, 2.45) is 0 Å². The van der Waals surface area contributed by atoms with Crippen LogP contribution in [0.25, 0.3) is 0 Å². The Morgan fingerprint density at radius 3 is 2.32 bits per heavy atom. The fourth-order valence-corrected chi connectivity index (χ4v) is 4.74. The van der Waals surface area contributed by atoms with Crippen LogP contribution in [0.4, 0.5) is 0 Å². The van der Waals surface area contributed by atoms with Crippen LogP contribution < -0.4 is 0 Å². The predicted molar refractivity (Wildman–Crippen MR) is 66.7 cm³/mol. The van der Waals surface area contributed by atoms with Gasteiger partial charge < -0.3 is 0 Å². The van der Waals surface area contributed by atoms with Crippen LogP contribution in [0, 0.1) is 0 Å². The first-order valence-electron chi connectivity index (χ1n) is 6.05. The van der Waals surface area contributed by atoms with E-state index >= 15 is 0 Å². The minimum atomic E-state index is -0.536. The van der Waals surface area contributed by atoms with Gasteiger partial charge in [-0.05, 0) is 0 Å². The van der Waals surface area contributed by atoms with Crippen molar-refractivity contribution in [2.45, 2.75) is 49.5 Å². The molecule has 0 N–H and O–H groups in total. The van der Waals surface area contributed by atoms with Crippen LogP contribution in [0.15, 0.2) is 0 Å². The van der Waals surface area contributed by atoms with E-state index in [0.29, 0.717) is 11.9 Å². The first-order valence-corrected chi connectivity index (χ1v) is 8.25. The summed E-state index contributed by atoms with van der Waals surface area (Å²) >= 11 is 0.0764. The second-order valence-corrected chi connectivity index (χ2v) is 6.77. The van der Waals surface area contributed by atoms with Gasteiger partial charge in [0.2, 0.25) is 0 Å². The van der Waals surface area contributed by atoms with Crippen LogP contribution in [0.2, 0.25) is 10.1 Å². The molecule has 0 spiro atoms. The van der Waals surface area contributed by atoms with Gasteiger partial charge in [0.1, 0.15) is 0 Å². The third kappa shape index (κ3) is 5.20. The summed E-state index contributed by atoms with van der Waals surface area (Å²) in [6.45, 7) is 4.68.